The second-order valence-corrected chi connectivity index (χ2v) is 4.68. The summed E-state index contributed by atoms with van der Waals surface area (Å²) in [6.07, 6.45) is 0. The number of hydrogen-bond acceptors (Lipinski definition) is 2. The Kier molecular flexibility index (Phi) is 3.74. The Labute approximate surface area is 96.9 Å². The molecule has 0 aliphatic rings. The molecule has 1 atom stereocenters. The molecular weight excluding hydrogens is 260 g/mol. The molecule has 15 heavy (non-hydrogen) atoms. The molecule has 0 spiro atoms. The van der Waals surface area contributed by atoms with Crippen LogP contribution in [-0.2, 0) is 4.79 Å². The standard InChI is InChI=1S/C11H13BrO3/c1-6(2)10(11(14)15)8-4-3-7(12)5-9(8)13/h3-6,10,13H,1-2H3,(H,14,15). The van der Waals surface area contributed by atoms with Gasteiger partial charge in [0, 0.05) is 10.0 Å². The first-order valence-electron chi connectivity index (χ1n) is 4.64. The highest BCUT2D eigenvalue weighted by atomic mass is 79.9. The van der Waals surface area contributed by atoms with Crippen molar-refractivity contribution in [1.82, 2.24) is 0 Å². The summed E-state index contributed by atoms with van der Waals surface area (Å²) in [4.78, 5) is 11.1. The van der Waals surface area contributed by atoms with E-state index >= 15 is 0 Å². The van der Waals surface area contributed by atoms with Crippen LogP contribution in [0.25, 0.3) is 0 Å². The number of carbonyl (C=O) groups is 1. The smallest absolute Gasteiger partial charge is 0.311 e. The summed E-state index contributed by atoms with van der Waals surface area (Å²) < 4.78 is 0.733. The molecule has 0 saturated heterocycles. The van der Waals surface area contributed by atoms with Gasteiger partial charge in [-0.2, -0.15) is 0 Å². The molecule has 0 aromatic heterocycles. The van der Waals surface area contributed by atoms with Gasteiger partial charge in [0.15, 0.2) is 0 Å². The third-order valence-corrected chi connectivity index (χ3v) is 2.75. The largest absolute Gasteiger partial charge is 0.508 e. The molecule has 4 heteroatoms. The molecule has 0 amide bonds. The molecule has 0 fully saturated rings. The lowest BCUT2D eigenvalue weighted by Crippen LogP contribution is -2.17. The summed E-state index contributed by atoms with van der Waals surface area (Å²) in [5, 5.41) is 18.7. The summed E-state index contributed by atoms with van der Waals surface area (Å²) in [6, 6.07) is 4.87. The topological polar surface area (TPSA) is 57.5 Å². The number of phenolic OH excluding ortho intramolecular Hbond substituents is 1. The molecule has 82 valence electrons. The number of carboxylic acids is 1. The molecule has 0 saturated carbocycles. The van der Waals surface area contributed by atoms with Crippen molar-refractivity contribution < 1.29 is 15.0 Å². The van der Waals surface area contributed by atoms with E-state index in [1.54, 1.807) is 12.1 Å². The summed E-state index contributed by atoms with van der Waals surface area (Å²) >= 11 is 3.21. The highest BCUT2D eigenvalue weighted by molar-refractivity contribution is 9.10. The van der Waals surface area contributed by atoms with Gasteiger partial charge in [0.1, 0.15) is 5.75 Å². The third-order valence-electron chi connectivity index (χ3n) is 2.26. The normalized spacial score (nSPS) is 12.8. The Morgan fingerprint density at radius 3 is 2.40 bits per heavy atom. The van der Waals surface area contributed by atoms with Crippen molar-refractivity contribution in [3.8, 4) is 5.75 Å². The maximum Gasteiger partial charge on any atom is 0.311 e. The molecule has 1 aromatic rings. The number of benzene rings is 1. The van der Waals surface area contributed by atoms with E-state index in [0.717, 1.165) is 4.47 Å². The van der Waals surface area contributed by atoms with Gasteiger partial charge < -0.3 is 10.2 Å². The molecule has 1 unspecified atom stereocenters. The zero-order chi connectivity index (χ0) is 11.6. The lowest BCUT2D eigenvalue weighted by Gasteiger charge is -2.17. The van der Waals surface area contributed by atoms with Gasteiger partial charge in [0.25, 0.3) is 0 Å². The fourth-order valence-corrected chi connectivity index (χ4v) is 1.91. The predicted molar refractivity (Wildman–Crippen MR) is 61.0 cm³/mol. The first-order chi connectivity index (χ1) is 6.93. The lowest BCUT2D eigenvalue weighted by atomic mass is 9.88. The average molecular weight is 273 g/mol. The number of carboxylic acid groups (broad SMARTS) is 1. The zero-order valence-corrected chi connectivity index (χ0v) is 10.2. The van der Waals surface area contributed by atoms with Crippen molar-refractivity contribution in [1.29, 1.82) is 0 Å². The molecule has 0 heterocycles. The van der Waals surface area contributed by atoms with Gasteiger partial charge in [0.05, 0.1) is 5.92 Å². The summed E-state index contributed by atoms with van der Waals surface area (Å²) in [7, 11) is 0. The lowest BCUT2D eigenvalue weighted by molar-refractivity contribution is -0.139. The van der Waals surface area contributed by atoms with Crippen LogP contribution in [0.2, 0.25) is 0 Å². The molecule has 0 aliphatic carbocycles. The van der Waals surface area contributed by atoms with Crippen LogP contribution in [0.3, 0.4) is 0 Å². The van der Waals surface area contributed by atoms with Crippen LogP contribution in [0, 0.1) is 5.92 Å². The maximum absolute atomic E-state index is 11.1. The Balaban J connectivity index is 3.17. The summed E-state index contributed by atoms with van der Waals surface area (Å²) in [5.74, 6) is -1.62. The molecule has 0 aliphatic heterocycles. The molecule has 2 N–H and O–H groups in total. The van der Waals surface area contributed by atoms with Crippen LogP contribution >= 0.6 is 15.9 Å². The van der Waals surface area contributed by atoms with Crippen LogP contribution in [0.5, 0.6) is 5.75 Å². The summed E-state index contributed by atoms with van der Waals surface area (Å²) in [6.45, 7) is 3.64. The first kappa shape index (κ1) is 12.0. The van der Waals surface area contributed by atoms with E-state index in [1.165, 1.54) is 6.07 Å². The van der Waals surface area contributed by atoms with Crippen LogP contribution in [-0.4, -0.2) is 16.2 Å². The van der Waals surface area contributed by atoms with Crippen molar-refractivity contribution >= 4 is 21.9 Å². The monoisotopic (exact) mass is 272 g/mol. The van der Waals surface area contributed by atoms with Crippen molar-refractivity contribution in [3.05, 3.63) is 28.2 Å². The van der Waals surface area contributed by atoms with Gasteiger partial charge in [-0.3, -0.25) is 4.79 Å². The zero-order valence-electron chi connectivity index (χ0n) is 8.57. The van der Waals surface area contributed by atoms with Gasteiger partial charge in [-0.25, -0.2) is 0 Å². The minimum Gasteiger partial charge on any atom is -0.508 e. The molecule has 0 bridgehead atoms. The highest BCUT2D eigenvalue weighted by Crippen LogP contribution is 2.33. The fourth-order valence-electron chi connectivity index (χ4n) is 1.56. The average Bonchev–Trinajstić information content (AvgIpc) is 2.08. The van der Waals surface area contributed by atoms with Crippen LogP contribution < -0.4 is 0 Å². The molecule has 3 nitrogen and oxygen atoms in total. The van der Waals surface area contributed by atoms with Gasteiger partial charge >= 0.3 is 5.97 Å². The van der Waals surface area contributed by atoms with Gasteiger partial charge in [-0.1, -0.05) is 35.8 Å². The second-order valence-electron chi connectivity index (χ2n) is 3.76. The number of aliphatic carboxylic acids is 1. The van der Waals surface area contributed by atoms with Crippen molar-refractivity contribution in [2.75, 3.05) is 0 Å². The van der Waals surface area contributed by atoms with E-state index in [-0.39, 0.29) is 11.7 Å². The SMILES string of the molecule is CC(C)C(C(=O)O)c1ccc(Br)cc1O. The predicted octanol–water partition coefficient (Wildman–Crippen LogP) is 2.98. The number of aromatic hydroxyl groups is 1. The first-order valence-corrected chi connectivity index (χ1v) is 5.44. The quantitative estimate of drug-likeness (QED) is 0.890. The van der Waals surface area contributed by atoms with Crippen LogP contribution in [0.1, 0.15) is 25.3 Å². The van der Waals surface area contributed by atoms with Crippen molar-refractivity contribution in [3.63, 3.8) is 0 Å². The van der Waals surface area contributed by atoms with E-state index < -0.39 is 11.9 Å². The van der Waals surface area contributed by atoms with E-state index in [9.17, 15) is 9.90 Å². The van der Waals surface area contributed by atoms with E-state index in [4.69, 9.17) is 5.11 Å². The molecule has 0 radical (unpaired) electrons. The van der Waals surface area contributed by atoms with E-state index in [0.29, 0.717) is 5.56 Å². The Morgan fingerprint density at radius 1 is 1.40 bits per heavy atom. The molecular formula is C11H13BrO3. The summed E-state index contributed by atoms with van der Waals surface area (Å²) in [5.41, 5.74) is 0.459. The molecule has 1 aromatic carbocycles. The number of phenols is 1. The Hall–Kier alpha value is -1.03. The number of rotatable bonds is 3. The van der Waals surface area contributed by atoms with Gasteiger partial charge in [-0.05, 0) is 18.1 Å². The Bertz CT molecular complexity index is 374. The van der Waals surface area contributed by atoms with Crippen LogP contribution in [0.4, 0.5) is 0 Å². The maximum atomic E-state index is 11.1. The minimum atomic E-state index is -0.914. The number of hydrogen-bond donors (Lipinski definition) is 2. The van der Waals surface area contributed by atoms with E-state index in [1.807, 2.05) is 13.8 Å². The minimum absolute atomic E-state index is 0.0190. The fraction of sp³-hybridized carbons (Fsp3) is 0.364. The van der Waals surface area contributed by atoms with E-state index in [2.05, 4.69) is 15.9 Å². The van der Waals surface area contributed by atoms with Crippen molar-refractivity contribution in [2.45, 2.75) is 19.8 Å². The number of halogens is 1. The second kappa shape index (κ2) is 4.66. The van der Waals surface area contributed by atoms with Crippen molar-refractivity contribution in [2.24, 2.45) is 5.92 Å². The molecule has 1 rings (SSSR count). The third kappa shape index (κ3) is 2.72. The Morgan fingerprint density at radius 2 is 2.00 bits per heavy atom. The van der Waals surface area contributed by atoms with Crippen LogP contribution in [0.15, 0.2) is 22.7 Å². The highest BCUT2D eigenvalue weighted by Gasteiger charge is 2.26. The van der Waals surface area contributed by atoms with Gasteiger partial charge in [0.2, 0.25) is 0 Å². The van der Waals surface area contributed by atoms with Gasteiger partial charge in [-0.15, -0.1) is 0 Å².